The van der Waals surface area contributed by atoms with Crippen LogP contribution in [0.2, 0.25) is 0 Å². The Bertz CT molecular complexity index is 1580. The third kappa shape index (κ3) is 3.16. The Morgan fingerprint density at radius 2 is 0.974 bits per heavy atom. The van der Waals surface area contributed by atoms with Crippen LogP contribution >= 0.6 is 0 Å². The minimum Gasteiger partial charge on any atom is -0.368 e. The van der Waals surface area contributed by atoms with E-state index in [1.807, 2.05) is 12.4 Å². The molecule has 3 aromatic carbocycles. The standard InChI is InChI=1S/C34H30N4/c1-5-25(37-17-13-23-19-31(23)37)6-2-21(1)27-11-15-35-33-29(27)9-10-30-28(12-16-36-34(30)33)22-3-7-26(8-4-22)38-18-14-24-20-32(24)38/h1-12,15-16,23-24,31-32H,13-14,17-20H2. The van der Waals surface area contributed by atoms with Crippen LogP contribution in [0, 0.1) is 11.8 Å². The molecule has 5 aromatic rings. The predicted octanol–water partition coefficient (Wildman–Crippen LogP) is 7.31. The van der Waals surface area contributed by atoms with Crippen molar-refractivity contribution < 1.29 is 0 Å². The van der Waals surface area contributed by atoms with Gasteiger partial charge >= 0.3 is 0 Å². The Morgan fingerprint density at radius 1 is 0.526 bits per heavy atom. The van der Waals surface area contributed by atoms with Crippen molar-refractivity contribution in [3.8, 4) is 22.3 Å². The van der Waals surface area contributed by atoms with Crippen molar-refractivity contribution in [3.05, 3.63) is 85.2 Å². The van der Waals surface area contributed by atoms with Crippen molar-refractivity contribution in [3.63, 3.8) is 0 Å². The molecule has 0 N–H and O–H groups in total. The zero-order valence-corrected chi connectivity index (χ0v) is 21.4. The number of benzene rings is 3. The topological polar surface area (TPSA) is 32.3 Å². The number of hydrogen-bond donors (Lipinski definition) is 0. The van der Waals surface area contributed by atoms with Gasteiger partial charge in [-0.15, -0.1) is 0 Å². The van der Waals surface area contributed by atoms with E-state index in [0.29, 0.717) is 0 Å². The van der Waals surface area contributed by atoms with E-state index in [0.717, 1.165) is 45.7 Å². The lowest BCUT2D eigenvalue weighted by atomic mass is 9.96. The highest BCUT2D eigenvalue weighted by atomic mass is 15.2. The lowest BCUT2D eigenvalue weighted by molar-refractivity contribution is 0.798. The van der Waals surface area contributed by atoms with Crippen LogP contribution in [-0.2, 0) is 0 Å². The summed E-state index contributed by atoms with van der Waals surface area (Å²) in [5.41, 5.74) is 9.57. The lowest BCUT2D eigenvalue weighted by Crippen LogP contribution is -2.21. The fraction of sp³-hybridized carbons (Fsp3) is 0.294. The molecule has 2 saturated carbocycles. The molecular formula is C34H30N4. The molecule has 4 aliphatic rings. The van der Waals surface area contributed by atoms with Gasteiger partial charge in [-0.1, -0.05) is 36.4 Å². The van der Waals surface area contributed by atoms with Crippen molar-refractivity contribution in [1.29, 1.82) is 0 Å². The van der Waals surface area contributed by atoms with Crippen LogP contribution in [0.3, 0.4) is 0 Å². The smallest absolute Gasteiger partial charge is 0.0970 e. The number of hydrogen-bond acceptors (Lipinski definition) is 4. The maximum Gasteiger partial charge on any atom is 0.0970 e. The van der Waals surface area contributed by atoms with E-state index in [1.165, 1.54) is 72.4 Å². The SMILES string of the molecule is c1cc(-c2ccc(N3CCC4CC43)cc2)c2ccc3c(-c4ccc(N5CCC6CC65)cc4)ccnc3c2n1. The normalized spacial score (nSPS) is 25.2. The first kappa shape index (κ1) is 21.1. The van der Waals surface area contributed by atoms with E-state index in [1.54, 1.807) is 0 Å². The van der Waals surface area contributed by atoms with Gasteiger partial charge in [0.15, 0.2) is 0 Å². The quantitative estimate of drug-likeness (QED) is 0.245. The molecule has 38 heavy (non-hydrogen) atoms. The van der Waals surface area contributed by atoms with Gasteiger partial charge < -0.3 is 9.80 Å². The number of fused-ring (bicyclic) bond motifs is 5. The largest absolute Gasteiger partial charge is 0.368 e. The van der Waals surface area contributed by atoms with Crippen LogP contribution in [0.4, 0.5) is 11.4 Å². The summed E-state index contributed by atoms with van der Waals surface area (Å²) in [7, 11) is 0. The molecule has 4 heterocycles. The third-order valence-electron chi connectivity index (χ3n) is 9.69. The van der Waals surface area contributed by atoms with E-state index >= 15 is 0 Å². The molecule has 4 heteroatoms. The van der Waals surface area contributed by atoms with Crippen LogP contribution in [0.15, 0.2) is 85.2 Å². The molecular weight excluding hydrogens is 464 g/mol. The molecule has 0 bridgehead atoms. The van der Waals surface area contributed by atoms with Gasteiger partial charge in [-0.05, 0) is 96.2 Å². The highest BCUT2D eigenvalue weighted by molar-refractivity contribution is 6.11. The molecule has 2 saturated heterocycles. The molecule has 0 amide bonds. The fourth-order valence-electron chi connectivity index (χ4n) is 7.43. The maximum atomic E-state index is 4.83. The number of piperidine rings is 2. The first-order valence-corrected chi connectivity index (χ1v) is 14.2. The summed E-state index contributed by atoms with van der Waals surface area (Å²) < 4.78 is 0. The second kappa shape index (κ2) is 7.80. The van der Waals surface area contributed by atoms with Crippen molar-refractivity contribution in [1.82, 2.24) is 9.97 Å². The van der Waals surface area contributed by atoms with Gasteiger partial charge in [0.25, 0.3) is 0 Å². The first-order chi connectivity index (χ1) is 18.8. The van der Waals surface area contributed by atoms with E-state index in [2.05, 4.69) is 82.6 Å². The summed E-state index contributed by atoms with van der Waals surface area (Å²) in [4.78, 5) is 14.8. The van der Waals surface area contributed by atoms with Gasteiger partial charge in [-0.3, -0.25) is 9.97 Å². The van der Waals surface area contributed by atoms with Crippen molar-refractivity contribution in [2.75, 3.05) is 22.9 Å². The Balaban J connectivity index is 1.09. The first-order valence-electron chi connectivity index (χ1n) is 14.2. The summed E-state index contributed by atoms with van der Waals surface area (Å²) in [5.74, 6) is 1.89. The van der Waals surface area contributed by atoms with E-state index < -0.39 is 0 Å². The Morgan fingerprint density at radius 3 is 1.34 bits per heavy atom. The monoisotopic (exact) mass is 494 g/mol. The lowest BCUT2D eigenvalue weighted by Gasteiger charge is -2.21. The zero-order valence-electron chi connectivity index (χ0n) is 21.4. The Labute approximate surface area is 222 Å². The van der Waals surface area contributed by atoms with E-state index in [4.69, 9.17) is 9.97 Å². The molecule has 4 atom stereocenters. The van der Waals surface area contributed by atoms with Gasteiger partial charge in [0.05, 0.1) is 11.0 Å². The van der Waals surface area contributed by atoms with Crippen molar-refractivity contribution >= 4 is 33.2 Å². The number of rotatable bonds is 4. The summed E-state index contributed by atoms with van der Waals surface area (Å²) in [6.45, 7) is 2.41. The minimum absolute atomic E-state index is 0.788. The molecule has 9 rings (SSSR count). The number of aromatic nitrogens is 2. The second-order valence-corrected chi connectivity index (χ2v) is 11.8. The average molecular weight is 495 g/mol. The molecule has 0 spiro atoms. The second-order valence-electron chi connectivity index (χ2n) is 11.8. The van der Waals surface area contributed by atoms with Gasteiger partial charge in [0.2, 0.25) is 0 Å². The summed E-state index contributed by atoms with van der Waals surface area (Å²) >= 11 is 0. The molecule has 2 aliphatic carbocycles. The summed E-state index contributed by atoms with van der Waals surface area (Å²) in [6.07, 6.45) is 9.33. The van der Waals surface area contributed by atoms with Gasteiger partial charge in [-0.2, -0.15) is 0 Å². The van der Waals surface area contributed by atoms with E-state index in [9.17, 15) is 0 Å². The fourth-order valence-corrected chi connectivity index (χ4v) is 7.43. The molecule has 4 unspecified atom stereocenters. The zero-order chi connectivity index (χ0) is 24.8. The molecule has 4 nitrogen and oxygen atoms in total. The highest BCUT2D eigenvalue weighted by Crippen LogP contribution is 2.48. The van der Waals surface area contributed by atoms with Crippen LogP contribution in [0.5, 0.6) is 0 Å². The van der Waals surface area contributed by atoms with Gasteiger partial charge in [0, 0.05) is 59.7 Å². The number of nitrogens with zero attached hydrogens (tertiary/aromatic N) is 4. The molecule has 2 aromatic heterocycles. The minimum atomic E-state index is 0.788. The molecule has 4 fully saturated rings. The Hall–Kier alpha value is -3.92. The van der Waals surface area contributed by atoms with Crippen LogP contribution in [0.25, 0.3) is 44.1 Å². The highest BCUT2D eigenvalue weighted by Gasteiger charge is 2.47. The van der Waals surface area contributed by atoms with E-state index in [-0.39, 0.29) is 0 Å². The van der Waals surface area contributed by atoms with Crippen LogP contribution in [0.1, 0.15) is 25.7 Å². The molecule has 2 aliphatic heterocycles. The Kier molecular flexibility index (Phi) is 4.32. The summed E-state index contributed by atoms with van der Waals surface area (Å²) in [5, 5.41) is 2.31. The van der Waals surface area contributed by atoms with Crippen molar-refractivity contribution in [2.24, 2.45) is 11.8 Å². The summed E-state index contributed by atoms with van der Waals surface area (Å²) in [6, 6.07) is 28.6. The molecule has 0 radical (unpaired) electrons. The van der Waals surface area contributed by atoms with Gasteiger partial charge in [-0.25, -0.2) is 0 Å². The average Bonchev–Trinajstić information content (AvgIpc) is 3.86. The molecule has 186 valence electrons. The third-order valence-corrected chi connectivity index (χ3v) is 9.69. The van der Waals surface area contributed by atoms with Crippen LogP contribution in [-0.4, -0.2) is 35.1 Å². The van der Waals surface area contributed by atoms with Crippen molar-refractivity contribution in [2.45, 2.75) is 37.8 Å². The predicted molar refractivity (Wildman–Crippen MR) is 156 cm³/mol. The van der Waals surface area contributed by atoms with Gasteiger partial charge in [0.1, 0.15) is 0 Å². The maximum absolute atomic E-state index is 4.83. The number of anilines is 2. The number of pyridine rings is 2. The van der Waals surface area contributed by atoms with Crippen LogP contribution < -0.4 is 9.80 Å².